The third kappa shape index (κ3) is 6.74. The van der Waals surface area contributed by atoms with Gasteiger partial charge >= 0.3 is 0 Å². The van der Waals surface area contributed by atoms with Gasteiger partial charge in [0.2, 0.25) is 5.91 Å². The van der Waals surface area contributed by atoms with Crippen LogP contribution < -0.4 is 5.32 Å². The second kappa shape index (κ2) is 9.53. The first-order chi connectivity index (χ1) is 10.3. The molecule has 118 valence electrons. The SMILES string of the molecule is O=C(CCc1c[nH]nn1)NC1CCCCCCCCCC1. The zero-order chi connectivity index (χ0) is 14.8. The van der Waals surface area contributed by atoms with Crippen molar-refractivity contribution >= 4 is 5.91 Å². The summed E-state index contributed by atoms with van der Waals surface area (Å²) in [5.74, 6) is 0.151. The number of nitrogens with zero attached hydrogens (tertiary/aromatic N) is 2. The van der Waals surface area contributed by atoms with Crippen LogP contribution in [-0.4, -0.2) is 27.4 Å². The van der Waals surface area contributed by atoms with E-state index in [9.17, 15) is 4.79 Å². The number of carbonyl (C=O) groups is 1. The molecule has 2 rings (SSSR count). The molecule has 0 spiro atoms. The number of aryl methyl sites for hydroxylation is 1. The monoisotopic (exact) mass is 292 g/mol. The minimum absolute atomic E-state index is 0.151. The first-order valence-electron chi connectivity index (χ1n) is 8.49. The van der Waals surface area contributed by atoms with Crippen molar-refractivity contribution in [2.75, 3.05) is 0 Å². The van der Waals surface area contributed by atoms with Gasteiger partial charge in [0.25, 0.3) is 0 Å². The van der Waals surface area contributed by atoms with Gasteiger partial charge in [0.05, 0.1) is 5.69 Å². The van der Waals surface area contributed by atoms with Crippen molar-refractivity contribution in [2.24, 2.45) is 0 Å². The molecule has 1 amide bonds. The topological polar surface area (TPSA) is 70.7 Å². The summed E-state index contributed by atoms with van der Waals surface area (Å²) in [4.78, 5) is 12.1. The van der Waals surface area contributed by atoms with Crippen LogP contribution in [0.4, 0.5) is 0 Å². The van der Waals surface area contributed by atoms with Crippen molar-refractivity contribution in [3.8, 4) is 0 Å². The Bertz CT molecular complexity index is 379. The second-order valence-corrected chi connectivity index (χ2v) is 6.13. The van der Waals surface area contributed by atoms with Crippen LogP contribution >= 0.6 is 0 Å². The first-order valence-corrected chi connectivity index (χ1v) is 8.49. The average Bonchev–Trinajstić information content (AvgIpc) is 2.97. The summed E-state index contributed by atoms with van der Waals surface area (Å²) < 4.78 is 0. The molecule has 1 aliphatic rings. The summed E-state index contributed by atoms with van der Waals surface area (Å²) in [7, 11) is 0. The molecule has 1 heterocycles. The number of hydrogen-bond acceptors (Lipinski definition) is 3. The molecule has 0 saturated heterocycles. The Balaban J connectivity index is 1.70. The molecule has 5 nitrogen and oxygen atoms in total. The molecule has 2 N–H and O–H groups in total. The molecule has 0 unspecified atom stereocenters. The van der Waals surface area contributed by atoms with E-state index in [0.717, 1.165) is 18.5 Å². The summed E-state index contributed by atoms with van der Waals surface area (Å²) >= 11 is 0. The Labute approximate surface area is 127 Å². The van der Waals surface area contributed by atoms with E-state index in [2.05, 4.69) is 20.7 Å². The number of aromatic amines is 1. The van der Waals surface area contributed by atoms with Gasteiger partial charge in [-0.25, -0.2) is 0 Å². The number of rotatable bonds is 4. The van der Waals surface area contributed by atoms with Crippen LogP contribution in [0, 0.1) is 0 Å². The lowest BCUT2D eigenvalue weighted by molar-refractivity contribution is -0.121. The zero-order valence-corrected chi connectivity index (χ0v) is 12.9. The van der Waals surface area contributed by atoms with Gasteiger partial charge in [0.1, 0.15) is 0 Å². The highest BCUT2D eigenvalue weighted by atomic mass is 16.1. The maximum absolute atomic E-state index is 12.1. The van der Waals surface area contributed by atoms with Crippen molar-refractivity contribution < 1.29 is 4.79 Å². The van der Waals surface area contributed by atoms with Crippen LogP contribution in [0.3, 0.4) is 0 Å². The van der Waals surface area contributed by atoms with E-state index in [1.807, 2.05) is 0 Å². The molecule has 1 aromatic rings. The molecule has 0 radical (unpaired) electrons. The molecule has 21 heavy (non-hydrogen) atoms. The molecule has 1 fully saturated rings. The van der Waals surface area contributed by atoms with E-state index in [1.165, 1.54) is 51.4 Å². The normalized spacial score (nSPS) is 18.9. The van der Waals surface area contributed by atoms with Crippen LogP contribution in [0.2, 0.25) is 0 Å². The average molecular weight is 292 g/mol. The largest absolute Gasteiger partial charge is 0.353 e. The smallest absolute Gasteiger partial charge is 0.220 e. The molecule has 5 heteroatoms. The quantitative estimate of drug-likeness (QED) is 0.895. The maximum Gasteiger partial charge on any atom is 0.220 e. The van der Waals surface area contributed by atoms with Gasteiger partial charge in [0.15, 0.2) is 0 Å². The Morgan fingerprint density at radius 2 is 1.71 bits per heavy atom. The van der Waals surface area contributed by atoms with Crippen LogP contribution in [0.15, 0.2) is 6.20 Å². The number of aromatic nitrogens is 3. The lowest BCUT2D eigenvalue weighted by Crippen LogP contribution is -2.35. The van der Waals surface area contributed by atoms with E-state index >= 15 is 0 Å². The Hall–Kier alpha value is -1.39. The number of hydrogen-bond donors (Lipinski definition) is 2. The molecule has 0 aromatic carbocycles. The minimum Gasteiger partial charge on any atom is -0.353 e. The van der Waals surface area contributed by atoms with Crippen molar-refractivity contribution in [1.82, 2.24) is 20.7 Å². The van der Waals surface area contributed by atoms with E-state index in [-0.39, 0.29) is 5.91 Å². The molecule has 0 bridgehead atoms. The number of amides is 1. The van der Waals surface area contributed by atoms with Crippen LogP contribution in [0.5, 0.6) is 0 Å². The van der Waals surface area contributed by atoms with Crippen LogP contribution in [0.25, 0.3) is 0 Å². The molecule has 0 aliphatic heterocycles. The van der Waals surface area contributed by atoms with Crippen molar-refractivity contribution in [1.29, 1.82) is 0 Å². The lowest BCUT2D eigenvalue weighted by atomic mass is 10.0. The summed E-state index contributed by atoms with van der Waals surface area (Å²) in [6, 6.07) is 0.368. The fraction of sp³-hybridized carbons (Fsp3) is 0.812. The van der Waals surface area contributed by atoms with Crippen molar-refractivity contribution in [2.45, 2.75) is 83.1 Å². The Morgan fingerprint density at radius 3 is 2.29 bits per heavy atom. The van der Waals surface area contributed by atoms with Gasteiger partial charge < -0.3 is 5.32 Å². The first kappa shape index (κ1) is 16.0. The molecular formula is C16H28N4O. The van der Waals surface area contributed by atoms with Crippen LogP contribution in [0.1, 0.15) is 76.3 Å². The maximum atomic E-state index is 12.1. The third-order valence-electron chi connectivity index (χ3n) is 4.30. The van der Waals surface area contributed by atoms with Gasteiger partial charge in [-0.2, -0.15) is 0 Å². The Kier molecular flexibility index (Phi) is 7.25. The summed E-state index contributed by atoms with van der Waals surface area (Å²) in [5.41, 5.74) is 0.854. The minimum atomic E-state index is 0.151. The predicted octanol–water partition coefficient (Wildman–Crippen LogP) is 3.14. The Morgan fingerprint density at radius 1 is 1.10 bits per heavy atom. The van der Waals surface area contributed by atoms with Gasteiger partial charge in [0, 0.05) is 25.1 Å². The lowest BCUT2D eigenvalue weighted by Gasteiger charge is -2.18. The summed E-state index contributed by atoms with van der Waals surface area (Å²) in [6.45, 7) is 0. The van der Waals surface area contributed by atoms with E-state index in [1.54, 1.807) is 6.20 Å². The van der Waals surface area contributed by atoms with Gasteiger partial charge in [-0.15, -0.1) is 5.10 Å². The highest BCUT2D eigenvalue weighted by molar-refractivity contribution is 5.76. The van der Waals surface area contributed by atoms with E-state index in [4.69, 9.17) is 0 Å². The molecular weight excluding hydrogens is 264 g/mol. The van der Waals surface area contributed by atoms with E-state index < -0.39 is 0 Å². The summed E-state index contributed by atoms with van der Waals surface area (Å²) in [5, 5.41) is 13.5. The fourth-order valence-electron chi connectivity index (χ4n) is 3.02. The highest BCUT2D eigenvalue weighted by Crippen LogP contribution is 2.17. The van der Waals surface area contributed by atoms with Crippen molar-refractivity contribution in [3.05, 3.63) is 11.9 Å². The number of carbonyl (C=O) groups excluding carboxylic acids is 1. The predicted molar refractivity (Wildman–Crippen MR) is 82.8 cm³/mol. The van der Waals surface area contributed by atoms with Crippen molar-refractivity contribution in [3.63, 3.8) is 0 Å². The zero-order valence-electron chi connectivity index (χ0n) is 12.9. The molecule has 1 saturated carbocycles. The van der Waals surface area contributed by atoms with Gasteiger partial charge in [-0.05, 0) is 12.8 Å². The number of nitrogens with one attached hydrogen (secondary N) is 2. The second-order valence-electron chi connectivity index (χ2n) is 6.13. The fourth-order valence-corrected chi connectivity index (χ4v) is 3.02. The number of H-pyrrole nitrogens is 1. The highest BCUT2D eigenvalue weighted by Gasteiger charge is 2.13. The molecule has 1 aliphatic carbocycles. The standard InChI is InChI=1S/C16H28N4O/c21-16(12-11-15-13-17-20-19-15)18-14-9-7-5-3-1-2-4-6-8-10-14/h13-14H,1-12H2,(H,18,21)(H,17,19,20). The van der Waals surface area contributed by atoms with Gasteiger partial charge in [-0.1, -0.05) is 56.6 Å². The van der Waals surface area contributed by atoms with Crippen LogP contribution in [-0.2, 0) is 11.2 Å². The summed E-state index contributed by atoms with van der Waals surface area (Å²) in [6.07, 6.45) is 15.8. The molecule has 1 aromatic heterocycles. The van der Waals surface area contributed by atoms with Gasteiger partial charge in [-0.3, -0.25) is 9.89 Å². The third-order valence-corrected chi connectivity index (χ3v) is 4.30. The van der Waals surface area contributed by atoms with E-state index in [0.29, 0.717) is 18.9 Å². The molecule has 0 atom stereocenters.